The van der Waals surface area contributed by atoms with Crippen LogP contribution in [-0.4, -0.2) is 128 Å². The summed E-state index contributed by atoms with van der Waals surface area (Å²) in [6.45, 7) is 22.8. The van der Waals surface area contributed by atoms with Crippen LogP contribution in [0.2, 0.25) is 0 Å². The van der Waals surface area contributed by atoms with E-state index in [1.54, 1.807) is 4.90 Å². The molecule has 300 valence electrons. The summed E-state index contributed by atoms with van der Waals surface area (Å²) in [5.41, 5.74) is 0.424. The van der Waals surface area contributed by atoms with Crippen LogP contribution in [0.1, 0.15) is 106 Å². The van der Waals surface area contributed by atoms with Crippen LogP contribution in [0.4, 0.5) is 9.18 Å². The van der Waals surface area contributed by atoms with Crippen molar-refractivity contribution in [3.05, 3.63) is 0 Å². The van der Waals surface area contributed by atoms with E-state index in [2.05, 4.69) is 58.3 Å². The summed E-state index contributed by atoms with van der Waals surface area (Å²) in [7, 11) is 0. The minimum absolute atomic E-state index is 0.000984. The normalized spacial score (nSPS) is 49.8. The second-order valence-corrected chi connectivity index (χ2v) is 21.0. The molecule has 4 saturated heterocycles. The minimum atomic E-state index is -0.531. The average molecular weight is 744 g/mol. The number of ether oxygens (including phenoxy) is 4. The molecule has 0 aromatic heterocycles. The van der Waals surface area contributed by atoms with Crippen LogP contribution in [0.15, 0.2) is 0 Å². The molecule has 0 aromatic rings. The van der Waals surface area contributed by atoms with Crippen LogP contribution in [0.3, 0.4) is 0 Å². The smallest absolute Gasteiger partial charge is 0.410 e. The summed E-state index contributed by atoms with van der Waals surface area (Å²) in [6.07, 6.45) is 8.75. The topological polar surface area (TPSA) is 83.9 Å². The number of hydrogen-bond donors (Lipinski definition) is 1. The van der Waals surface area contributed by atoms with Crippen molar-refractivity contribution in [3.63, 3.8) is 0 Å². The number of aliphatic hydroxyl groups is 1. The zero-order chi connectivity index (χ0) is 37.3. The molecule has 0 radical (unpaired) electrons. The molecule has 14 atom stereocenters. The Morgan fingerprint density at radius 3 is 2.42 bits per heavy atom. The van der Waals surface area contributed by atoms with Gasteiger partial charge in [-0.1, -0.05) is 48.5 Å². The van der Waals surface area contributed by atoms with E-state index < -0.39 is 6.10 Å². The van der Waals surface area contributed by atoms with Crippen LogP contribution in [0, 0.1) is 56.7 Å². The number of likely N-dealkylation sites (tertiary alicyclic amines) is 2. The first-order valence-corrected chi connectivity index (χ1v) is 21.8. The Morgan fingerprint density at radius 2 is 1.72 bits per heavy atom. The van der Waals surface area contributed by atoms with Gasteiger partial charge in [0.2, 0.25) is 0 Å². The molecule has 9 rings (SSSR count). The van der Waals surface area contributed by atoms with Crippen molar-refractivity contribution in [2.45, 2.75) is 149 Å². The summed E-state index contributed by atoms with van der Waals surface area (Å²) in [6, 6.07) is 0.484. The predicted molar refractivity (Wildman–Crippen MR) is 200 cm³/mol. The quantitative estimate of drug-likeness (QED) is 0.308. The van der Waals surface area contributed by atoms with Gasteiger partial charge >= 0.3 is 6.09 Å². The highest BCUT2D eigenvalue weighted by molar-refractivity contribution is 5.68. The van der Waals surface area contributed by atoms with Gasteiger partial charge in [0.05, 0.1) is 31.0 Å². The van der Waals surface area contributed by atoms with Crippen molar-refractivity contribution in [2.24, 2.45) is 56.7 Å². The molecule has 5 aliphatic carbocycles. The van der Waals surface area contributed by atoms with E-state index in [1.165, 1.54) is 25.7 Å². The van der Waals surface area contributed by atoms with Crippen molar-refractivity contribution < 1.29 is 33.2 Å². The lowest BCUT2D eigenvalue weighted by atomic mass is 9.41. The predicted octanol–water partition coefficient (Wildman–Crippen LogP) is 6.36. The molecular weight excluding hydrogens is 673 g/mol. The van der Waals surface area contributed by atoms with Crippen molar-refractivity contribution in [3.8, 4) is 0 Å². The number of amides is 1. The van der Waals surface area contributed by atoms with E-state index in [-0.39, 0.29) is 71.1 Å². The molecule has 4 heterocycles. The lowest BCUT2D eigenvalue weighted by Crippen LogP contribution is -2.63. The van der Waals surface area contributed by atoms with Gasteiger partial charge in [0.1, 0.15) is 12.8 Å². The van der Waals surface area contributed by atoms with Gasteiger partial charge in [-0.05, 0) is 109 Å². The van der Waals surface area contributed by atoms with E-state index in [1.807, 2.05) is 0 Å². The molecular formula is C43H70FN3O6. The summed E-state index contributed by atoms with van der Waals surface area (Å²) in [5.74, 6) is 1.90. The monoisotopic (exact) mass is 744 g/mol. The number of carbonyl (C=O) groups excluding carboxylic acids is 1. The van der Waals surface area contributed by atoms with E-state index in [0.717, 1.165) is 71.4 Å². The van der Waals surface area contributed by atoms with Crippen molar-refractivity contribution in [1.82, 2.24) is 14.7 Å². The Hall–Kier alpha value is -1.04. The Balaban J connectivity index is 0.904. The molecule has 2 spiro atoms. The van der Waals surface area contributed by atoms with Crippen LogP contribution >= 0.6 is 0 Å². The number of hydrogen-bond acceptors (Lipinski definition) is 8. The van der Waals surface area contributed by atoms with Gasteiger partial charge in [0.15, 0.2) is 6.29 Å². The average Bonchev–Trinajstić information content (AvgIpc) is 3.70. The van der Waals surface area contributed by atoms with Gasteiger partial charge in [-0.3, -0.25) is 9.80 Å². The number of carbonyl (C=O) groups is 1. The van der Waals surface area contributed by atoms with Crippen LogP contribution in [0.25, 0.3) is 0 Å². The van der Waals surface area contributed by atoms with Crippen LogP contribution in [-0.2, 0) is 18.9 Å². The molecule has 1 unspecified atom stereocenters. The summed E-state index contributed by atoms with van der Waals surface area (Å²) < 4.78 is 39.3. The molecule has 4 aliphatic heterocycles. The van der Waals surface area contributed by atoms with Gasteiger partial charge in [0.25, 0.3) is 0 Å². The maximum absolute atomic E-state index is 13.0. The lowest BCUT2D eigenvalue weighted by molar-refractivity contribution is -0.253. The van der Waals surface area contributed by atoms with Gasteiger partial charge in [-0.25, -0.2) is 9.18 Å². The maximum Gasteiger partial charge on any atom is 0.410 e. The number of rotatable bonds is 8. The maximum atomic E-state index is 13.0. The number of aliphatic hydroxyl groups excluding tert-OH is 1. The highest BCUT2D eigenvalue weighted by atomic mass is 19.1. The van der Waals surface area contributed by atoms with Gasteiger partial charge in [-0.15, -0.1) is 0 Å². The highest BCUT2D eigenvalue weighted by Gasteiger charge is 2.84. The van der Waals surface area contributed by atoms with E-state index >= 15 is 0 Å². The number of alkyl halides is 1. The third kappa shape index (κ3) is 5.29. The molecule has 9 aliphatic rings. The number of fused-ring (bicyclic) bond motifs is 4. The standard InChI is InChI=1S/C43H70FN3O6/c1-26(2)35(53-38(49)46-16-8-17-46)29-21-27(3)34-36(51-29)37(48)41(7)31-10-9-30-39(4,5)32(11-12-42(30)25-43(31,42)14-13-40(34,41)6)52-33-24-47(19-20-50-33)28-22-45(23-28)18-15-44/h26-37,48H,8-25H2,1-7H3/t27-,29-,30+,31+,32?,33+,34+,35-,36+,37+,40-,41-,42-,43+/m1/s1. The summed E-state index contributed by atoms with van der Waals surface area (Å²) >= 11 is 0. The van der Waals surface area contributed by atoms with Gasteiger partial charge in [0, 0.05) is 57.3 Å². The number of nitrogens with zero attached hydrogens (tertiary/aromatic N) is 3. The molecule has 0 aromatic carbocycles. The van der Waals surface area contributed by atoms with Gasteiger partial charge < -0.3 is 29.0 Å². The fourth-order valence-corrected chi connectivity index (χ4v) is 15.4. The van der Waals surface area contributed by atoms with Crippen molar-refractivity contribution in [2.75, 3.05) is 59.1 Å². The molecule has 5 saturated carbocycles. The highest BCUT2D eigenvalue weighted by Crippen LogP contribution is 2.89. The SMILES string of the molecule is CC(C)[C@@H](OC(=O)N1CCC1)[C@H]1C[C@@H](C)[C@H]2[C@H](O1)[C@H](O)[C@@]1(C)[C@@H]3CC[C@H]4C(C)(C)C(O[C@H]5CN(C6CN(CCF)C6)CCO5)CC[C@@]45C[C@@]35CC[C@]21C. The van der Waals surface area contributed by atoms with Crippen molar-refractivity contribution in [1.29, 1.82) is 0 Å². The summed E-state index contributed by atoms with van der Waals surface area (Å²) in [4.78, 5) is 19.5. The largest absolute Gasteiger partial charge is 0.443 e. The minimum Gasteiger partial charge on any atom is -0.443 e. The second kappa shape index (κ2) is 13.0. The van der Waals surface area contributed by atoms with E-state index in [0.29, 0.717) is 48.3 Å². The zero-order valence-corrected chi connectivity index (χ0v) is 33.9. The fourth-order valence-electron chi connectivity index (χ4n) is 15.4. The first-order chi connectivity index (χ1) is 25.2. The fraction of sp³-hybridized carbons (Fsp3) is 0.977. The third-order valence-electron chi connectivity index (χ3n) is 18.4. The van der Waals surface area contributed by atoms with Crippen LogP contribution in [0.5, 0.6) is 0 Å². The number of halogens is 1. The molecule has 1 N–H and O–H groups in total. The lowest BCUT2D eigenvalue weighted by Gasteiger charge is -2.64. The molecule has 10 heteroatoms. The first kappa shape index (κ1) is 37.5. The Labute approximate surface area is 318 Å². The Bertz CT molecular complexity index is 1410. The second-order valence-electron chi connectivity index (χ2n) is 21.0. The molecule has 1 amide bonds. The summed E-state index contributed by atoms with van der Waals surface area (Å²) in [5, 5.41) is 12.7. The Kier molecular flexibility index (Phi) is 9.20. The Morgan fingerprint density at radius 1 is 0.981 bits per heavy atom. The zero-order valence-electron chi connectivity index (χ0n) is 33.9. The van der Waals surface area contributed by atoms with Crippen molar-refractivity contribution >= 4 is 6.09 Å². The van der Waals surface area contributed by atoms with Crippen LogP contribution < -0.4 is 0 Å². The third-order valence-corrected chi connectivity index (χ3v) is 18.4. The van der Waals surface area contributed by atoms with E-state index in [4.69, 9.17) is 18.9 Å². The molecule has 0 bridgehead atoms. The molecule has 9 fully saturated rings. The van der Waals surface area contributed by atoms with E-state index in [9.17, 15) is 14.3 Å². The van der Waals surface area contributed by atoms with Gasteiger partial charge in [-0.2, -0.15) is 0 Å². The first-order valence-electron chi connectivity index (χ1n) is 21.8. The molecule has 9 nitrogen and oxygen atoms in total. The number of morpholine rings is 1. The molecule has 53 heavy (non-hydrogen) atoms.